The molecule has 0 aliphatic carbocycles. The summed E-state index contributed by atoms with van der Waals surface area (Å²) in [6, 6.07) is 7.83. The molecule has 0 atom stereocenters. The molecule has 0 radical (unpaired) electrons. The van der Waals surface area contributed by atoms with Crippen LogP contribution in [0.15, 0.2) is 35.2 Å². The minimum Gasteiger partial charge on any atom is -0.379 e. The van der Waals surface area contributed by atoms with Crippen molar-refractivity contribution in [3.05, 3.63) is 45.1 Å². The van der Waals surface area contributed by atoms with E-state index in [2.05, 4.69) is 5.32 Å². The Labute approximate surface area is 184 Å². The molecule has 0 spiro atoms. The van der Waals surface area contributed by atoms with Crippen molar-refractivity contribution in [1.29, 1.82) is 0 Å². The number of nitrogens with zero attached hydrogens (tertiary/aromatic N) is 2. The normalized spacial score (nSPS) is 15.0. The molecule has 0 saturated carbocycles. The number of rotatable bonds is 6. The Hall–Kier alpha value is -1.98. The number of ether oxygens (including phenoxy) is 1. The molecule has 1 aliphatic heterocycles. The summed E-state index contributed by atoms with van der Waals surface area (Å²) in [7, 11) is -2.28. The topological polar surface area (TPSA) is 96.0 Å². The van der Waals surface area contributed by atoms with E-state index < -0.39 is 15.9 Å². The van der Waals surface area contributed by atoms with Crippen molar-refractivity contribution in [2.24, 2.45) is 0 Å². The van der Waals surface area contributed by atoms with Gasteiger partial charge in [-0.25, -0.2) is 8.42 Å². The number of carbonyl (C=O) groups excluding carboxylic acids is 2. The van der Waals surface area contributed by atoms with Gasteiger partial charge >= 0.3 is 0 Å². The monoisotopic (exact) mass is 471 g/mol. The molecule has 0 unspecified atom stereocenters. The van der Waals surface area contributed by atoms with Crippen molar-refractivity contribution in [1.82, 2.24) is 9.21 Å². The molecule has 2 amide bonds. The van der Waals surface area contributed by atoms with Crippen LogP contribution in [-0.4, -0.2) is 69.3 Å². The highest BCUT2D eigenvalue weighted by Crippen LogP contribution is 2.28. The van der Waals surface area contributed by atoms with E-state index >= 15 is 0 Å². The predicted octanol–water partition coefficient (Wildman–Crippen LogP) is 2.44. The van der Waals surface area contributed by atoms with Crippen molar-refractivity contribution in [3.63, 3.8) is 0 Å². The summed E-state index contributed by atoms with van der Waals surface area (Å²) in [6.07, 6.45) is 0. The SMILES string of the molecule is Cc1ccc(C(=O)N(C)CC(=O)Nc2ccc(Cl)c(S(=O)(=O)N3CCOCC3)c2)s1. The van der Waals surface area contributed by atoms with Crippen LogP contribution in [0.4, 0.5) is 5.69 Å². The van der Waals surface area contributed by atoms with Gasteiger partial charge in [0, 0.05) is 30.7 Å². The highest BCUT2D eigenvalue weighted by atomic mass is 35.5. The van der Waals surface area contributed by atoms with E-state index in [9.17, 15) is 18.0 Å². The van der Waals surface area contributed by atoms with Crippen molar-refractivity contribution in [3.8, 4) is 0 Å². The Balaban J connectivity index is 1.70. The van der Waals surface area contributed by atoms with Gasteiger partial charge < -0.3 is 15.0 Å². The maximum absolute atomic E-state index is 12.9. The quantitative estimate of drug-likeness (QED) is 0.698. The van der Waals surface area contributed by atoms with Gasteiger partial charge in [-0.05, 0) is 37.3 Å². The molecule has 1 N–H and O–H groups in total. The molecule has 11 heteroatoms. The van der Waals surface area contributed by atoms with E-state index in [0.717, 1.165) is 4.88 Å². The summed E-state index contributed by atoms with van der Waals surface area (Å²) in [5.74, 6) is -0.703. The van der Waals surface area contributed by atoms with Gasteiger partial charge in [0.2, 0.25) is 15.9 Å². The van der Waals surface area contributed by atoms with Crippen molar-refractivity contribution < 1.29 is 22.7 Å². The van der Waals surface area contributed by atoms with Gasteiger partial charge in [0.05, 0.1) is 29.7 Å². The zero-order valence-corrected chi connectivity index (χ0v) is 18.9. The van der Waals surface area contributed by atoms with Crippen LogP contribution in [0.3, 0.4) is 0 Å². The minimum absolute atomic E-state index is 0.0693. The van der Waals surface area contributed by atoms with Crippen molar-refractivity contribution >= 4 is 50.5 Å². The molecule has 3 rings (SSSR count). The molecule has 1 aliphatic rings. The van der Waals surface area contributed by atoms with E-state index in [1.165, 1.54) is 45.8 Å². The van der Waals surface area contributed by atoms with E-state index in [-0.39, 0.29) is 41.1 Å². The lowest BCUT2D eigenvalue weighted by Crippen LogP contribution is -2.40. The second-order valence-electron chi connectivity index (χ2n) is 6.78. The van der Waals surface area contributed by atoms with E-state index in [1.807, 2.05) is 13.0 Å². The molecule has 2 aromatic rings. The Bertz CT molecular complexity index is 1050. The fourth-order valence-electron chi connectivity index (χ4n) is 2.93. The number of thiophene rings is 1. The maximum atomic E-state index is 12.9. The summed E-state index contributed by atoms with van der Waals surface area (Å²) in [5, 5.41) is 2.70. The number of hydrogen-bond acceptors (Lipinski definition) is 6. The third-order valence-electron chi connectivity index (χ3n) is 4.48. The predicted molar refractivity (Wildman–Crippen MR) is 116 cm³/mol. The molecule has 1 aromatic heterocycles. The number of anilines is 1. The third-order valence-corrected chi connectivity index (χ3v) is 7.85. The number of benzene rings is 1. The summed E-state index contributed by atoms with van der Waals surface area (Å²) in [5.41, 5.74) is 0.282. The number of hydrogen-bond donors (Lipinski definition) is 1. The van der Waals surface area contributed by atoms with Gasteiger partial charge in [-0.3, -0.25) is 9.59 Å². The van der Waals surface area contributed by atoms with Gasteiger partial charge in [0.15, 0.2) is 0 Å². The molecule has 30 heavy (non-hydrogen) atoms. The zero-order valence-electron chi connectivity index (χ0n) is 16.6. The van der Waals surface area contributed by atoms with Crippen molar-refractivity contribution in [2.45, 2.75) is 11.8 Å². The standard InChI is InChI=1S/C19H22ClN3O5S2/c1-13-3-6-16(29-13)19(25)22(2)12-18(24)21-14-4-5-15(20)17(11-14)30(26,27)23-7-9-28-10-8-23/h3-6,11H,7-10,12H2,1-2H3,(H,21,24). The number of carbonyl (C=O) groups is 2. The molecular weight excluding hydrogens is 450 g/mol. The highest BCUT2D eigenvalue weighted by molar-refractivity contribution is 7.89. The van der Waals surface area contributed by atoms with E-state index in [1.54, 1.807) is 6.07 Å². The number of nitrogens with one attached hydrogen (secondary N) is 1. The third kappa shape index (κ3) is 5.19. The number of sulfonamides is 1. The van der Waals surface area contributed by atoms with E-state index in [4.69, 9.17) is 16.3 Å². The fourth-order valence-corrected chi connectivity index (χ4v) is 5.70. The number of aryl methyl sites for hydroxylation is 1. The molecular formula is C19H22ClN3O5S2. The van der Waals surface area contributed by atoms with Crippen LogP contribution >= 0.6 is 22.9 Å². The lowest BCUT2D eigenvalue weighted by Gasteiger charge is -2.26. The van der Waals surface area contributed by atoms with Gasteiger partial charge in [0.1, 0.15) is 4.90 Å². The molecule has 162 valence electrons. The average molecular weight is 472 g/mol. The van der Waals surface area contributed by atoms with Gasteiger partial charge in [-0.1, -0.05) is 11.6 Å². The van der Waals surface area contributed by atoms with Crippen LogP contribution in [0.5, 0.6) is 0 Å². The highest BCUT2D eigenvalue weighted by Gasteiger charge is 2.28. The first-order chi connectivity index (χ1) is 14.2. The molecule has 1 fully saturated rings. The van der Waals surface area contributed by atoms with Crippen LogP contribution in [-0.2, 0) is 19.6 Å². The van der Waals surface area contributed by atoms with Crippen molar-refractivity contribution in [2.75, 3.05) is 45.2 Å². The number of amides is 2. The van der Waals surface area contributed by atoms with Crippen LogP contribution in [0, 0.1) is 6.92 Å². The zero-order chi connectivity index (χ0) is 21.9. The largest absolute Gasteiger partial charge is 0.379 e. The number of likely N-dealkylation sites (N-methyl/N-ethyl adjacent to an activating group) is 1. The Kier molecular flexibility index (Phi) is 7.14. The Morgan fingerprint density at radius 1 is 1.23 bits per heavy atom. The summed E-state index contributed by atoms with van der Waals surface area (Å²) in [6.45, 7) is 2.84. The summed E-state index contributed by atoms with van der Waals surface area (Å²) >= 11 is 7.49. The lowest BCUT2D eigenvalue weighted by molar-refractivity contribution is -0.116. The van der Waals surface area contributed by atoms with Crippen LogP contribution in [0.2, 0.25) is 5.02 Å². The molecule has 1 aromatic carbocycles. The molecule has 8 nitrogen and oxygen atoms in total. The second kappa shape index (κ2) is 9.44. The average Bonchev–Trinajstić information content (AvgIpc) is 3.15. The first-order valence-corrected chi connectivity index (χ1v) is 11.8. The first-order valence-electron chi connectivity index (χ1n) is 9.17. The lowest BCUT2D eigenvalue weighted by atomic mass is 10.3. The minimum atomic E-state index is -3.81. The smallest absolute Gasteiger partial charge is 0.264 e. The molecule has 1 saturated heterocycles. The van der Waals surface area contributed by atoms with E-state index in [0.29, 0.717) is 18.1 Å². The second-order valence-corrected chi connectivity index (χ2v) is 10.4. The Morgan fingerprint density at radius 3 is 2.57 bits per heavy atom. The van der Waals surface area contributed by atoms with Crippen LogP contribution in [0.25, 0.3) is 0 Å². The van der Waals surface area contributed by atoms with Crippen LogP contribution in [0.1, 0.15) is 14.5 Å². The fraction of sp³-hybridized carbons (Fsp3) is 0.368. The molecule has 2 heterocycles. The van der Waals surface area contributed by atoms with Crippen LogP contribution < -0.4 is 5.32 Å². The molecule has 0 bridgehead atoms. The number of halogens is 1. The summed E-state index contributed by atoms with van der Waals surface area (Å²) in [4.78, 5) is 27.6. The maximum Gasteiger partial charge on any atom is 0.264 e. The summed E-state index contributed by atoms with van der Waals surface area (Å²) < 4.78 is 32.3. The van der Waals surface area contributed by atoms with Gasteiger partial charge in [0.25, 0.3) is 5.91 Å². The Morgan fingerprint density at radius 2 is 1.93 bits per heavy atom. The van der Waals surface area contributed by atoms with Gasteiger partial charge in [-0.15, -0.1) is 11.3 Å². The first kappa shape index (κ1) is 22.7. The van der Waals surface area contributed by atoms with Gasteiger partial charge in [-0.2, -0.15) is 4.31 Å². The number of morpholine rings is 1.